The molecule has 4 heteroatoms. The summed E-state index contributed by atoms with van der Waals surface area (Å²) in [5.41, 5.74) is 2.93. The lowest BCUT2D eigenvalue weighted by Crippen LogP contribution is -2.02. The van der Waals surface area contributed by atoms with Gasteiger partial charge in [0.2, 0.25) is 0 Å². The zero-order chi connectivity index (χ0) is 19.6. The third-order valence-corrected chi connectivity index (χ3v) is 5.47. The Morgan fingerprint density at radius 2 is 1.57 bits per heavy atom. The van der Waals surface area contributed by atoms with Crippen molar-refractivity contribution in [1.82, 2.24) is 0 Å². The molecule has 0 saturated carbocycles. The highest BCUT2D eigenvalue weighted by atomic mass is 32.2. The quantitative estimate of drug-likeness (QED) is 0.263. The second-order valence-corrected chi connectivity index (χ2v) is 7.50. The van der Waals surface area contributed by atoms with Crippen LogP contribution in [0, 0.1) is 0 Å². The van der Waals surface area contributed by atoms with Gasteiger partial charge in [-0.3, -0.25) is 0 Å². The molecule has 0 fully saturated rings. The second kappa shape index (κ2) is 10.6. The fourth-order valence-electron chi connectivity index (χ4n) is 2.81. The molecule has 0 saturated heterocycles. The first-order chi connectivity index (χ1) is 13.8. The molecule has 144 valence electrons. The molecule has 3 aromatic rings. The van der Waals surface area contributed by atoms with Crippen LogP contribution in [0.1, 0.15) is 27.9 Å². The van der Waals surface area contributed by atoms with Gasteiger partial charge in [0.05, 0.1) is 12.7 Å². The Kier molecular flexibility index (Phi) is 7.56. The number of esters is 1. The summed E-state index contributed by atoms with van der Waals surface area (Å²) >= 11 is 1.82. The molecule has 0 N–H and O–H groups in total. The third-order valence-electron chi connectivity index (χ3n) is 4.33. The van der Waals surface area contributed by atoms with Gasteiger partial charge in [-0.2, -0.15) is 0 Å². The lowest BCUT2D eigenvalue weighted by atomic mass is 10.1. The molecule has 3 nitrogen and oxygen atoms in total. The smallest absolute Gasteiger partial charge is 0.337 e. The van der Waals surface area contributed by atoms with Crippen LogP contribution in [-0.4, -0.2) is 18.8 Å². The zero-order valence-corrected chi connectivity index (χ0v) is 16.8. The number of thioether (sulfide) groups is 1. The Hall–Kier alpha value is -2.72. The van der Waals surface area contributed by atoms with Gasteiger partial charge in [0.15, 0.2) is 0 Å². The Labute approximate surface area is 170 Å². The molecule has 0 spiro atoms. The predicted molar refractivity (Wildman–Crippen MR) is 114 cm³/mol. The van der Waals surface area contributed by atoms with E-state index in [4.69, 9.17) is 9.47 Å². The van der Waals surface area contributed by atoms with E-state index in [1.165, 1.54) is 12.7 Å². The molecule has 0 amide bonds. The topological polar surface area (TPSA) is 35.5 Å². The highest BCUT2D eigenvalue weighted by Gasteiger charge is 2.07. The minimum Gasteiger partial charge on any atom is -0.488 e. The largest absolute Gasteiger partial charge is 0.488 e. The molecule has 28 heavy (non-hydrogen) atoms. The van der Waals surface area contributed by atoms with E-state index in [9.17, 15) is 4.79 Å². The minimum atomic E-state index is -0.329. The van der Waals surface area contributed by atoms with E-state index in [2.05, 4.69) is 36.4 Å². The molecule has 0 unspecified atom stereocenters. The SMILES string of the molecule is COC(=O)c1ccc(COc2ccccc2SCCCc2ccccc2)cc1. The van der Waals surface area contributed by atoms with Gasteiger partial charge in [0.25, 0.3) is 0 Å². The minimum absolute atomic E-state index is 0.329. The van der Waals surface area contributed by atoms with Crippen molar-refractivity contribution in [2.24, 2.45) is 0 Å². The van der Waals surface area contributed by atoms with Crippen LogP contribution in [0.3, 0.4) is 0 Å². The Morgan fingerprint density at radius 3 is 2.32 bits per heavy atom. The average molecular weight is 393 g/mol. The summed E-state index contributed by atoms with van der Waals surface area (Å²) in [5, 5.41) is 0. The van der Waals surface area contributed by atoms with Crippen LogP contribution >= 0.6 is 11.8 Å². The lowest BCUT2D eigenvalue weighted by molar-refractivity contribution is 0.0600. The van der Waals surface area contributed by atoms with E-state index in [-0.39, 0.29) is 5.97 Å². The van der Waals surface area contributed by atoms with Crippen LogP contribution in [-0.2, 0) is 17.8 Å². The highest BCUT2D eigenvalue weighted by molar-refractivity contribution is 7.99. The van der Waals surface area contributed by atoms with Gasteiger partial charge in [-0.05, 0) is 54.0 Å². The van der Waals surface area contributed by atoms with Crippen molar-refractivity contribution in [2.75, 3.05) is 12.9 Å². The van der Waals surface area contributed by atoms with Crippen molar-refractivity contribution in [3.8, 4) is 5.75 Å². The van der Waals surface area contributed by atoms with Crippen molar-refractivity contribution in [2.45, 2.75) is 24.3 Å². The van der Waals surface area contributed by atoms with Gasteiger partial charge in [-0.15, -0.1) is 11.8 Å². The van der Waals surface area contributed by atoms with Crippen LogP contribution < -0.4 is 4.74 Å². The van der Waals surface area contributed by atoms with Gasteiger partial charge >= 0.3 is 5.97 Å². The number of methoxy groups -OCH3 is 1. The molecular formula is C24H24O3S. The number of para-hydroxylation sites is 1. The van der Waals surface area contributed by atoms with Gasteiger partial charge < -0.3 is 9.47 Å². The first kappa shape index (κ1) is 20.0. The van der Waals surface area contributed by atoms with Crippen molar-refractivity contribution < 1.29 is 14.3 Å². The summed E-state index contributed by atoms with van der Waals surface area (Å²) in [7, 11) is 1.38. The molecule has 0 atom stereocenters. The summed E-state index contributed by atoms with van der Waals surface area (Å²) in [5.74, 6) is 1.61. The van der Waals surface area contributed by atoms with E-state index in [0.29, 0.717) is 12.2 Å². The highest BCUT2D eigenvalue weighted by Crippen LogP contribution is 2.30. The van der Waals surface area contributed by atoms with Crippen molar-refractivity contribution in [3.05, 3.63) is 95.6 Å². The van der Waals surface area contributed by atoms with Gasteiger partial charge in [-0.25, -0.2) is 4.79 Å². The number of hydrogen-bond donors (Lipinski definition) is 0. The van der Waals surface area contributed by atoms with Crippen LogP contribution in [0.15, 0.2) is 83.8 Å². The molecule has 0 bridgehead atoms. The fraction of sp³-hybridized carbons (Fsp3) is 0.208. The summed E-state index contributed by atoms with van der Waals surface area (Å²) in [6, 6.07) is 26.0. The third kappa shape index (κ3) is 5.89. The molecule has 3 rings (SSSR count). The second-order valence-electron chi connectivity index (χ2n) is 6.36. The maximum absolute atomic E-state index is 11.5. The number of carbonyl (C=O) groups excluding carboxylic acids is 1. The van der Waals surface area contributed by atoms with Crippen molar-refractivity contribution in [1.29, 1.82) is 0 Å². The van der Waals surface area contributed by atoms with E-state index < -0.39 is 0 Å². The number of rotatable bonds is 9. The Bertz CT molecular complexity index is 876. The standard InChI is InChI=1S/C24H24O3S/c1-26-24(25)21-15-13-20(14-16-21)18-27-22-11-5-6-12-23(22)28-17-7-10-19-8-3-2-4-9-19/h2-6,8-9,11-16H,7,10,17-18H2,1H3. The molecule has 0 radical (unpaired) electrons. The summed E-state index contributed by atoms with van der Waals surface area (Å²) < 4.78 is 10.8. The number of ether oxygens (including phenoxy) is 2. The van der Waals surface area contributed by atoms with Gasteiger partial charge in [0, 0.05) is 4.90 Å². The fourth-order valence-corrected chi connectivity index (χ4v) is 3.76. The molecule has 0 aromatic heterocycles. The maximum Gasteiger partial charge on any atom is 0.337 e. The van der Waals surface area contributed by atoms with Crippen LogP contribution in [0.25, 0.3) is 0 Å². The molecule has 0 aliphatic carbocycles. The Morgan fingerprint density at radius 1 is 0.857 bits per heavy atom. The molecular weight excluding hydrogens is 368 g/mol. The lowest BCUT2D eigenvalue weighted by Gasteiger charge is -2.11. The number of hydrogen-bond acceptors (Lipinski definition) is 4. The number of aryl methyl sites for hydroxylation is 1. The van der Waals surface area contributed by atoms with Gasteiger partial charge in [-0.1, -0.05) is 54.6 Å². The maximum atomic E-state index is 11.5. The molecule has 0 heterocycles. The Balaban J connectivity index is 1.51. The zero-order valence-electron chi connectivity index (χ0n) is 16.0. The van der Waals surface area contributed by atoms with E-state index in [1.807, 2.05) is 42.1 Å². The van der Waals surface area contributed by atoms with E-state index >= 15 is 0 Å². The van der Waals surface area contributed by atoms with Crippen molar-refractivity contribution >= 4 is 17.7 Å². The number of benzene rings is 3. The normalized spacial score (nSPS) is 10.5. The van der Waals surface area contributed by atoms with Crippen LogP contribution in [0.2, 0.25) is 0 Å². The molecule has 3 aromatic carbocycles. The summed E-state index contributed by atoms with van der Waals surface area (Å²) in [6.45, 7) is 0.461. The first-order valence-electron chi connectivity index (χ1n) is 9.32. The predicted octanol–water partition coefficient (Wildman–Crippen LogP) is 5.78. The summed E-state index contributed by atoms with van der Waals surface area (Å²) in [6.07, 6.45) is 2.21. The molecule has 0 aliphatic heterocycles. The van der Waals surface area contributed by atoms with Crippen LogP contribution in [0.5, 0.6) is 5.75 Å². The van der Waals surface area contributed by atoms with E-state index in [1.54, 1.807) is 12.1 Å². The number of carbonyl (C=O) groups is 1. The average Bonchev–Trinajstić information content (AvgIpc) is 2.76. The van der Waals surface area contributed by atoms with Gasteiger partial charge in [0.1, 0.15) is 12.4 Å². The van der Waals surface area contributed by atoms with E-state index in [0.717, 1.165) is 34.8 Å². The monoisotopic (exact) mass is 392 g/mol. The van der Waals surface area contributed by atoms with Crippen LogP contribution in [0.4, 0.5) is 0 Å². The first-order valence-corrected chi connectivity index (χ1v) is 10.3. The molecule has 0 aliphatic rings. The summed E-state index contributed by atoms with van der Waals surface area (Å²) in [4.78, 5) is 12.7. The van der Waals surface area contributed by atoms with Crippen molar-refractivity contribution in [3.63, 3.8) is 0 Å².